The van der Waals surface area contributed by atoms with Crippen molar-refractivity contribution in [3.63, 3.8) is 0 Å². The summed E-state index contributed by atoms with van der Waals surface area (Å²) in [6.07, 6.45) is -6.33. The van der Waals surface area contributed by atoms with E-state index in [4.69, 9.17) is 37.8 Å². The van der Waals surface area contributed by atoms with Crippen molar-refractivity contribution in [2.24, 2.45) is 5.92 Å². The van der Waals surface area contributed by atoms with E-state index < -0.39 is 24.2 Å². The van der Waals surface area contributed by atoms with Crippen LogP contribution in [0, 0.1) is 5.92 Å². The van der Waals surface area contributed by atoms with Gasteiger partial charge in [0.25, 0.3) is 0 Å². The van der Waals surface area contributed by atoms with Gasteiger partial charge in [0.1, 0.15) is 11.7 Å². The Hall–Kier alpha value is -2.19. The Labute approximate surface area is 155 Å². The molecule has 0 radical (unpaired) electrons. The molecule has 5 nitrogen and oxygen atoms in total. The summed E-state index contributed by atoms with van der Waals surface area (Å²) in [5, 5.41) is 9.54. The zero-order chi connectivity index (χ0) is 19.1. The van der Waals surface area contributed by atoms with Crippen molar-refractivity contribution >= 4 is 29.2 Å². The van der Waals surface area contributed by atoms with E-state index in [1.165, 1.54) is 30.5 Å². The average molecular weight is 408 g/mol. The molecule has 138 valence electrons. The minimum Gasteiger partial charge on any atom is -0.481 e. The van der Waals surface area contributed by atoms with Crippen LogP contribution in [-0.2, 0) is 11.2 Å². The molecule has 26 heavy (non-hydrogen) atoms. The average Bonchev–Trinajstić information content (AvgIpc) is 2.55. The minimum atomic E-state index is -4.83. The Kier molecular flexibility index (Phi) is 4.90. The Balaban J connectivity index is 1.94. The molecule has 0 bridgehead atoms. The first-order valence-electron chi connectivity index (χ1n) is 7.23. The van der Waals surface area contributed by atoms with Gasteiger partial charge in [-0.3, -0.25) is 4.79 Å². The van der Waals surface area contributed by atoms with Crippen LogP contribution in [0.1, 0.15) is 5.56 Å². The molecule has 1 aliphatic rings. The number of ether oxygens (including phenoxy) is 2. The van der Waals surface area contributed by atoms with E-state index in [9.17, 15) is 18.0 Å². The minimum absolute atomic E-state index is 0.0231. The highest BCUT2D eigenvalue weighted by molar-refractivity contribution is 6.32. The summed E-state index contributed by atoms with van der Waals surface area (Å²) in [5.41, 5.74) is 0.249. The molecule has 0 saturated carbocycles. The number of aliphatic carboxylic acids is 1. The molecule has 1 aromatic heterocycles. The number of benzene rings is 1. The molecule has 1 aliphatic heterocycles. The number of alkyl halides is 3. The van der Waals surface area contributed by atoms with E-state index in [-0.39, 0.29) is 34.4 Å². The van der Waals surface area contributed by atoms with Gasteiger partial charge in [-0.25, -0.2) is 4.98 Å². The fourth-order valence-electron chi connectivity index (χ4n) is 2.53. The summed E-state index contributed by atoms with van der Waals surface area (Å²) >= 11 is 11.8. The van der Waals surface area contributed by atoms with Crippen LogP contribution in [0.2, 0.25) is 10.0 Å². The van der Waals surface area contributed by atoms with E-state index in [1.54, 1.807) is 0 Å². The van der Waals surface area contributed by atoms with Gasteiger partial charge in [0, 0.05) is 18.3 Å². The van der Waals surface area contributed by atoms with Crippen molar-refractivity contribution in [1.29, 1.82) is 0 Å². The van der Waals surface area contributed by atoms with E-state index in [0.717, 1.165) is 0 Å². The molecule has 2 heterocycles. The monoisotopic (exact) mass is 407 g/mol. The number of fused-ring (bicyclic) bond motifs is 1. The van der Waals surface area contributed by atoms with Gasteiger partial charge in [-0.1, -0.05) is 23.2 Å². The van der Waals surface area contributed by atoms with Gasteiger partial charge in [0.05, 0.1) is 10.0 Å². The molecule has 0 amide bonds. The molecule has 0 spiro atoms. The number of nitrogens with zero attached hydrogens (tertiary/aromatic N) is 1. The second-order valence-corrected chi connectivity index (χ2v) is 6.38. The fourth-order valence-corrected chi connectivity index (χ4v) is 2.87. The molecule has 0 aliphatic carbocycles. The standard InChI is InChI=1S/C16H10Cl2F3NO4/c17-8-1-2-13(22-6-8)25-12-5-11-7(4-10(12)18)3-9(15(23)24)14(26-11)16(19,20)21/h1-2,4-6,9,14H,3H2,(H,23,24). The van der Waals surface area contributed by atoms with Crippen molar-refractivity contribution in [3.05, 3.63) is 46.1 Å². The molecule has 2 aromatic rings. The maximum atomic E-state index is 13.1. The first-order valence-corrected chi connectivity index (χ1v) is 7.98. The van der Waals surface area contributed by atoms with Gasteiger partial charge in [0.15, 0.2) is 5.75 Å². The highest BCUT2D eigenvalue weighted by Crippen LogP contribution is 2.43. The Bertz CT molecular complexity index is 843. The van der Waals surface area contributed by atoms with Crippen LogP contribution in [-0.4, -0.2) is 28.3 Å². The Morgan fingerprint density at radius 2 is 2.04 bits per heavy atom. The van der Waals surface area contributed by atoms with Crippen molar-refractivity contribution < 1.29 is 32.5 Å². The third kappa shape index (κ3) is 3.81. The van der Waals surface area contributed by atoms with Gasteiger partial charge in [0.2, 0.25) is 12.0 Å². The highest BCUT2D eigenvalue weighted by atomic mass is 35.5. The largest absolute Gasteiger partial charge is 0.481 e. The molecule has 2 unspecified atom stereocenters. The SMILES string of the molecule is O=C(O)C1Cc2cc(Cl)c(Oc3ccc(Cl)cn3)cc2OC1C(F)(F)F. The summed E-state index contributed by atoms with van der Waals surface area (Å²) in [7, 11) is 0. The van der Waals surface area contributed by atoms with Gasteiger partial charge < -0.3 is 14.6 Å². The highest BCUT2D eigenvalue weighted by Gasteiger charge is 2.52. The van der Waals surface area contributed by atoms with E-state index in [2.05, 4.69) is 4.98 Å². The topological polar surface area (TPSA) is 68.7 Å². The van der Waals surface area contributed by atoms with Crippen molar-refractivity contribution in [1.82, 2.24) is 4.98 Å². The molecular formula is C16H10Cl2F3NO4. The molecular weight excluding hydrogens is 398 g/mol. The van der Waals surface area contributed by atoms with Gasteiger partial charge in [-0.05, 0) is 24.1 Å². The molecule has 3 rings (SSSR count). The number of carboxylic acids is 1. The van der Waals surface area contributed by atoms with Crippen molar-refractivity contribution in [3.8, 4) is 17.4 Å². The zero-order valence-corrected chi connectivity index (χ0v) is 14.3. The predicted molar refractivity (Wildman–Crippen MR) is 86.1 cm³/mol. The number of carbonyl (C=O) groups is 1. The van der Waals surface area contributed by atoms with Crippen LogP contribution < -0.4 is 9.47 Å². The molecule has 0 saturated heterocycles. The van der Waals surface area contributed by atoms with Gasteiger partial charge in [-0.15, -0.1) is 0 Å². The summed E-state index contributed by atoms with van der Waals surface area (Å²) in [6, 6.07) is 5.48. The van der Waals surface area contributed by atoms with Gasteiger partial charge in [-0.2, -0.15) is 13.2 Å². The second kappa shape index (κ2) is 6.85. The second-order valence-electron chi connectivity index (χ2n) is 5.54. The van der Waals surface area contributed by atoms with E-state index in [1.807, 2.05) is 0 Å². The summed E-state index contributed by atoms with van der Waals surface area (Å²) < 4.78 is 49.8. The van der Waals surface area contributed by atoms with Crippen LogP contribution >= 0.6 is 23.2 Å². The Morgan fingerprint density at radius 3 is 2.62 bits per heavy atom. The number of rotatable bonds is 3. The first-order chi connectivity index (χ1) is 12.1. The molecule has 1 aromatic carbocycles. The van der Waals surface area contributed by atoms with Crippen molar-refractivity contribution in [2.75, 3.05) is 0 Å². The molecule has 1 N–H and O–H groups in total. The van der Waals surface area contributed by atoms with E-state index in [0.29, 0.717) is 5.02 Å². The number of hydrogen-bond donors (Lipinski definition) is 1. The lowest BCUT2D eigenvalue weighted by Gasteiger charge is -2.32. The predicted octanol–water partition coefficient (Wildman–Crippen LogP) is 4.75. The lowest BCUT2D eigenvalue weighted by Crippen LogP contribution is -2.47. The number of halogens is 5. The maximum Gasteiger partial charge on any atom is 0.426 e. The quantitative estimate of drug-likeness (QED) is 0.794. The van der Waals surface area contributed by atoms with Crippen LogP contribution in [0.25, 0.3) is 0 Å². The van der Waals surface area contributed by atoms with Crippen LogP contribution in [0.3, 0.4) is 0 Å². The summed E-state index contributed by atoms with van der Waals surface area (Å²) in [4.78, 5) is 15.1. The maximum absolute atomic E-state index is 13.1. The normalized spacial score (nSPS) is 19.4. The van der Waals surface area contributed by atoms with E-state index >= 15 is 0 Å². The summed E-state index contributed by atoms with van der Waals surface area (Å²) in [5.74, 6) is -3.35. The van der Waals surface area contributed by atoms with Crippen molar-refractivity contribution in [2.45, 2.75) is 18.7 Å². The Morgan fingerprint density at radius 1 is 1.31 bits per heavy atom. The molecule has 2 atom stereocenters. The number of carboxylic acid groups (broad SMARTS) is 1. The zero-order valence-electron chi connectivity index (χ0n) is 12.8. The lowest BCUT2D eigenvalue weighted by molar-refractivity contribution is -0.217. The molecule has 10 heteroatoms. The summed E-state index contributed by atoms with van der Waals surface area (Å²) in [6.45, 7) is 0. The van der Waals surface area contributed by atoms with Crippen LogP contribution in [0.4, 0.5) is 13.2 Å². The molecule has 0 fully saturated rings. The lowest BCUT2D eigenvalue weighted by atomic mass is 9.90. The van der Waals surface area contributed by atoms with Gasteiger partial charge >= 0.3 is 12.1 Å². The smallest absolute Gasteiger partial charge is 0.426 e. The third-order valence-corrected chi connectivity index (χ3v) is 4.25. The van der Waals surface area contributed by atoms with Crippen LogP contribution in [0.15, 0.2) is 30.5 Å². The fraction of sp³-hybridized carbons (Fsp3) is 0.250. The van der Waals surface area contributed by atoms with Crippen LogP contribution in [0.5, 0.6) is 17.4 Å². The first kappa shape index (κ1) is 18.6. The number of hydrogen-bond acceptors (Lipinski definition) is 4. The number of pyridine rings is 1. The third-order valence-electron chi connectivity index (χ3n) is 3.73. The number of aromatic nitrogens is 1.